The Morgan fingerprint density at radius 1 is 1.57 bits per heavy atom. The smallest absolute Gasteiger partial charge is 0.265 e. The first-order valence-corrected chi connectivity index (χ1v) is 4.06. The number of amides is 1. The van der Waals surface area contributed by atoms with E-state index in [9.17, 15) is 4.79 Å². The van der Waals surface area contributed by atoms with Gasteiger partial charge in [0.25, 0.3) is 5.91 Å². The average Bonchev–Trinajstić information content (AvgIpc) is 2.65. The van der Waals surface area contributed by atoms with Crippen LogP contribution in [0.3, 0.4) is 0 Å². The molecule has 0 saturated carbocycles. The van der Waals surface area contributed by atoms with Crippen molar-refractivity contribution in [1.29, 1.82) is 0 Å². The fourth-order valence-corrected chi connectivity index (χ4v) is 0.753. The first-order chi connectivity index (χ1) is 6.83. The van der Waals surface area contributed by atoms with Gasteiger partial charge >= 0.3 is 0 Å². The molecule has 0 aromatic carbocycles. The van der Waals surface area contributed by atoms with Gasteiger partial charge in [0.2, 0.25) is 0 Å². The molecule has 0 radical (unpaired) electrons. The molecular weight excluding hydrogens is 188 g/mol. The lowest BCUT2D eigenvalue weighted by Crippen LogP contribution is -2.29. The highest BCUT2D eigenvalue weighted by atomic mass is 16.7. The second-order valence-electron chi connectivity index (χ2n) is 2.47. The molecule has 1 rings (SSSR count). The zero-order valence-corrected chi connectivity index (χ0v) is 7.84. The SMILES string of the molecule is COCCONC(=O)Cn1ccnn1. The lowest BCUT2D eigenvalue weighted by molar-refractivity contribution is -0.135. The van der Waals surface area contributed by atoms with Crippen LogP contribution in [0.25, 0.3) is 0 Å². The maximum absolute atomic E-state index is 11.1. The third-order valence-electron chi connectivity index (χ3n) is 1.35. The Hall–Kier alpha value is -1.47. The lowest BCUT2D eigenvalue weighted by atomic mass is 10.6. The number of hydrogen-bond acceptors (Lipinski definition) is 5. The highest BCUT2D eigenvalue weighted by molar-refractivity contribution is 5.74. The number of hydroxylamine groups is 1. The number of methoxy groups -OCH3 is 1. The second kappa shape index (κ2) is 6.06. The fraction of sp³-hybridized carbons (Fsp3) is 0.571. The summed E-state index contributed by atoms with van der Waals surface area (Å²) in [6, 6.07) is 0. The minimum Gasteiger partial charge on any atom is -0.382 e. The van der Waals surface area contributed by atoms with Crippen LogP contribution in [0.2, 0.25) is 0 Å². The van der Waals surface area contributed by atoms with E-state index in [0.29, 0.717) is 13.2 Å². The molecule has 0 fully saturated rings. The Kier molecular flexibility index (Phi) is 4.59. The Morgan fingerprint density at radius 3 is 3.07 bits per heavy atom. The zero-order chi connectivity index (χ0) is 10.2. The third kappa shape index (κ3) is 3.97. The summed E-state index contributed by atoms with van der Waals surface area (Å²) in [5.41, 5.74) is 2.25. The van der Waals surface area contributed by atoms with E-state index in [1.54, 1.807) is 13.3 Å². The van der Waals surface area contributed by atoms with Crippen LogP contribution < -0.4 is 5.48 Å². The minimum absolute atomic E-state index is 0.0903. The van der Waals surface area contributed by atoms with E-state index in [-0.39, 0.29) is 12.5 Å². The molecule has 0 bridgehead atoms. The van der Waals surface area contributed by atoms with Gasteiger partial charge in [-0.25, -0.2) is 10.2 Å². The number of hydrogen-bond donors (Lipinski definition) is 1. The van der Waals surface area contributed by atoms with Crippen molar-refractivity contribution in [1.82, 2.24) is 20.5 Å². The standard InChI is InChI=1S/C7H12N4O3/c1-13-4-5-14-9-7(12)6-11-3-2-8-10-11/h2-3H,4-6H2,1H3,(H,9,12). The van der Waals surface area contributed by atoms with E-state index in [1.165, 1.54) is 10.9 Å². The van der Waals surface area contributed by atoms with Crippen LogP contribution in [-0.4, -0.2) is 41.2 Å². The van der Waals surface area contributed by atoms with Crippen molar-refractivity contribution in [2.75, 3.05) is 20.3 Å². The Bertz CT molecular complexity index is 262. The topological polar surface area (TPSA) is 78.3 Å². The minimum atomic E-state index is -0.286. The van der Waals surface area contributed by atoms with E-state index < -0.39 is 0 Å². The van der Waals surface area contributed by atoms with E-state index in [1.807, 2.05) is 0 Å². The molecule has 1 N–H and O–H groups in total. The van der Waals surface area contributed by atoms with Crippen molar-refractivity contribution in [3.05, 3.63) is 12.4 Å². The summed E-state index contributed by atoms with van der Waals surface area (Å²) in [6.45, 7) is 0.843. The van der Waals surface area contributed by atoms with E-state index in [2.05, 4.69) is 15.8 Å². The summed E-state index contributed by atoms with van der Waals surface area (Å²) in [6.07, 6.45) is 3.09. The molecular formula is C7H12N4O3. The van der Waals surface area contributed by atoms with E-state index in [0.717, 1.165) is 0 Å². The predicted octanol–water partition coefficient (Wildman–Crippen LogP) is -1.03. The van der Waals surface area contributed by atoms with Gasteiger partial charge in [-0.05, 0) is 0 Å². The van der Waals surface area contributed by atoms with Crippen molar-refractivity contribution in [2.24, 2.45) is 0 Å². The molecule has 0 aliphatic heterocycles. The number of nitrogens with one attached hydrogen (secondary N) is 1. The third-order valence-corrected chi connectivity index (χ3v) is 1.35. The molecule has 0 unspecified atom stereocenters. The predicted molar refractivity (Wildman–Crippen MR) is 46.0 cm³/mol. The first-order valence-electron chi connectivity index (χ1n) is 4.06. The van der Waals surface area contributed by atoms with Gasteiger partial charge in [0, 0.05) is 13.3 Å². The number of rotatable bonds is 6. The average molecular weight is 200 g/mol. The van der Waals surface area contributed by atoms with Gasteiger partial charge in [-0.2, -0.15) is 0 Å². The molecule has 1 heterocycles. The summed E-state index contributed by atoms with van der Waals surface area (Å²) in [5.74, 6) is -0.286. The molecule has 1 aromatic rings. The quantitative estimate of drug-likeness (QED) is 0.469. The molecule has 7 heteroatoms. The Balaban J connectivity index is 2.11. The van der Waals surface area contributed by atoms with Crippen LogP contribution in [0.5, 0.6) is 0 Å². The molecule has 7 nitrogen and oxygen atoms in total. The van der Waals surface area contributed by atoms with Crippen molar-refractivity contribution < 1.29 is 14.4 Å². The second-order valence-corrected chi connectivity index (χ2v) is 2.47. The molecule has 0 saturated heterocycles. The summed E-state index contributed by atoms with van der Waals surface area (Å²) in [5, 5.41) is 7.18. The van der Waals surface area contributed by atoms with Gasteiger partial charge in [0.05, 0.1) is 19.4 Å². The highest BCUT2D eigenvalue weighted by Gasteiger charge is 2.01. The van der Waals surface area contributed by atoms with E-state index in [4.69, 9.17) is 9.57 Å². The number of carbonyl (C=O) groups is 1. The van der Waals surface area contributed by atoms with Gasteiger partial charge in [-0.15, -0.1) is 5.10 Å². The molecule has 0 aliphatic carbocycles. The molecule has 1 aromatic heterocycles. The molecule has 14 heavy (non-hydrogen) atoms. The van der Waals surface area contributed by atoms with Crippen LogP contribution in [-0.2, 0) is 20.9 Å². The summed E-state index contributed by atoms with van der Waals surface area (Å²) >= 11 is 0. The number of ether oxygens (including phenoxy) is 1. The molecule has 1 amide bonds. The maximum Gasteiger partial charge on any atom is 0.265 e. The fourth-order valence-electron chi connectivity index (χ4n) is 0.753. The van der Waals surface area contributed by atoms with Gasteiger partial charge in [-0.3, -0.25) is 9.63 Å². The molecule has 0 atom stereocenters. The van der Waals surface area contributed by atoms with Crippen molar-refractivity contribution in [2.45, 2.75) is 6.54 Å². The maximum atomic E-state index is 11.1. The van der Waals surface area contributed by atoms with E-state index >= 15 is 0 Å². The monoisotopic (exact) mass is 200 g/mol. The van der Waals surface area contributed by atoms with Crippen LogP contribution in [0.4, 0.5) is 0 Å². The highest BCUT2D eigenvalue weighted by Crippen LogP contribution is 1.81. The number of carbonyl (C=O) groups excluding carboxylic acids is 1. The van der Waals surface area contributed by atoms with Crippen LogP contribution >= 0.6 is 0 Å². The van der Waals surface area contributed by atoms with Crippen LogP contribution in [0.1, 0.15) is 0 Å². The van der Waals surface area contributed by atoms with Crippen molar-refractivity contribution >= 4 is 5.91 Å². The van der Waals surface area contributed by atoms with Gasteiger partial charge < -0.3 is 4.74 Å². The molecule has 0 spiro atoms. The number of aromatic nitrogens is 3. The van der Waals surface area contributed by atoms with Gasteiger partial charge in [0.15, 0.2) is 0 Å². The van der Waals surface area contributed by atoms with Crippen LogP contribution in [0.15, 0.2) is 12.4 Å². The molecule has 0 aliphatic rings. The normalized spacial score (nSPS) is 10.1. The summed E-state index contributed by atoms with van der Waals surface area (Å²) in [4.78, 5) is 15.9. The van der Waals surface area contributed by atoms with Crippen molar-refractivity contribution in [3.8, 4) is 0 Å². The van der Waals surface area contributed by atoms with Gasteiger partial charge in [-0.1, -0.05) is 5.21 Å². The Morgan fingerprint density at radius 2 is 2.43 bits per heavy atom. The summed E-state index contributed by atoms with van der Waals surface area (Å²) in [7, 11) is 1.56. The lowest BCUT2D eigenvalue weighted by Gasteiger charge is -2.04. The van der Waals surface area contributed by atoms with Crippen LogP contribution in [0, 0.1) is 0 Å². The first kappa shape index (κ1) is 10.6. The molecule has 78 valence electrons. The number of nitrogens with zero attached hydrogens (tertiary/aromatic N) is 3. The van der Waals surface area contributed by atoms with Crippen molar-refractivity contribution in [3.63, 3.8) is 0 Å². The van der Waals surface area contributed by atoms with Gasteiger partial charge in [0.1, 0.15) is 6.54 Å². The zero-order valence-electron chi connectivity index (χ0n) is 7.84. The Labute approximate surface area is 80.9 Å². The summed E-state index contributed by atoms with van der Waals surface area (Å²) < 4.78 is 6.12. The largest absolute Gasteiger partial charge is 0.382 e.